The second kappa shape index (κ2) is 2.92. The van der Waals surface area contributed by atoms with Gasteiger partial charge in [-0.2, -0.15) is 0 Å². The van der Waals surface area contributed by atoms with Crippen molar-refractivity contribution >= 4 is 11.6 Å². The standard InChI is InChI=1S/C10H10O3/c1-6-4-7-8(5-13-6)10(12)3-2-9(7)11/h2-3,6H,4-5H2,1H3/t6-/m1/s1. The van der Waals surface area contributed by atoms with E-state index in [2.05, 4.69) is 0 Å². The van der Waals surface area contributed by atoms with E-state index in [1.165, 1.54) is 12.2 Å². The molecule has 1 aliphatic heterocycles. The highest BCUT2D eigenvalue weighted by Crippen LogP contribution is 2.25. The quantitative estimate of drug-likeness (QED) is 0.515. The van der Waals surface area contributed by atoms with Crippen LogP contribution in [-0.2, 0) is 14.3 Å². The summed E-state index contributed by atoms with van der Waals surface area (Å²) in [4.78, 5) is 22.7. The van der Waals surface area contributed by atoms with Crippen molar-refractivity contribution in [1.82, 2.24) is 0 Å². The van der Waals surface area contributed by atoms with Gasteiger partial charge >= 0.3 is 0 Å². The number of allylic oxidation sites excluding steroid dienone is 2. The molecule has 0 radical (unpaired) electrons. The average molecular weight is 178 g/mol. The third-order valence-corrected chi connectivity index (χ3v) is 2.35. The third kappa shape index (κ3) is 1.35. The fourth-order valence-corrected chi connectivity index (χ4v) is 1.60. The van der Waals surface area contributed by atoms with Crippen LogP contribution in [0.2, 0.25) is 0 Å². The molecule has 0 saturated heterocycles. The number of ketones is 2. The van der Waals surface area contributed by atoms with Gasteiger partial charge in [0.2, 0.25) is 0 Å². The van der Waals surface area contributed by atoms with Gasteiger partial charge in [0.25, 0.3) is 0 Å². The molecular weight excluding hydrogens is 168 g/mol. The van der Waals surface area contributed by atoms with E-state index in [1.54, 1.807) is 0 Å². The maximum atomic E-state index is 11.4. The molecule has 1 atom stereocenters. The fraction of sp³-hybridized carbons (Fsp3) is 0.400. The van der Waals surface area contributed by atoms with E-state index in [0.717, 1.165) is 0 Å². The van der Waals surface area contributed by atoms with Crippen molar-refractivity contribution < 1.29 is 14.3 Å². The van der Waals surface area contributed by atoms with Crippen molar-refractivity contribution in [2.75, 3.05) is 6.61 Å². The first kappa shape index (κ1) is 8.38. The van der Waals surface area contributed by atoms with Crippen LogP contribution in [0.1, 0.15) is 13.3 Å². The van der Waals surface area contributed by atoms with Crippen molar-refractivity contribution in [3.8, 4) is 0 Å². The maximum Gasteiger partial charge on any atom is 0.184 e. The van der Waals surface area contributed by atoms with Crippen LogP contribution in [0.3, 0.4) is 0 Å². The van der Waals surface area contributed by atoms with E-state index in [1.807, 2.05) is 6.92 Å². The Labute approximate surface area is 76.1 Å². The van der Waals surface area contributed by atoms with E-state index >= 15 is 0 Å². The van der Waals surface area contributed by atoms with Crippen LogP contribution >= 0.6 is 0 Å². The number of hydrogen-bond donors (Lipinski definition) is 0. The molecule has 0 saturated carbocycles. The van der Waals surface area contributed by atoms with Gasteiger partial charge in [0.1, 0.15) is 0 Å². The lowest BCUT2D eigenvalue weighted by atomic mass is 9.90. The summed E-state index contributed by atoms with van der Waals surface area (Å²) >= 11 is 0. The first-order valence-corrected chi connectivity index (χ1v) is 4.29. The zero-order chi connectivity index (χ0) is 9.42. The summed E-state index contributed by atoms with van der Waals surface area (Å²) < 4.78 is 5.30. The summed E-state index contributed by atoms with van der Waals surface area (Å²) in [6.45, 7) is 2.19. The highest BCUT2D eigenvalue weighted by molar-refractivity contribution is 6.20. The van der Waals surface area contributed by atoms with Crippen LogP contribution in [0.25, 0.3) is 0 Å². The molecule has 2 aliphatic rings. The van der Waals surface area contributed by atoms with E-state index in [4.69, 9.17) is 4.74 Å². The van der Waals surface area contributed by atoms with E-state index in [-0.39, 0.29) is 24.3 Å². The molecule has 0 unspecified atom stereocenters. The predicted molar refractivity (Wildman–Crippen MR) is 46.2 cm³/mol. The lowest BCUT2D eigenvalue weighted by Crippen LogP contribution is -2.27. The van der Waals surface area contributed by atoms with Crippen LogP contribution in [0.5, 0.6) is 0 Å². The molecule has 13 heavy (non-hydrogen) atoms. The lowest BCUT2D eigenvalue weighted by Gasteiger charge is -2.24. The Morgan fingerprint density at radius 1 is 1.23 bits per heavy atom. The van der Waals surface area contributed by atoms with Crippen LogP contribution in [0, 0.1) is 0 Å². The van der Waals surface area contributed by atoms with Crippen LogP contribution in [-0.4, -0.2) is 24.3 Å². The number of rotatable bonds is 0. The summed E-state index contributed by atoms with van der Waals surface area (Å²) in [6.07, 6.45) is 3.27. The van der Waals surface area contributed by atoms with Gasteiger partial charge in [-0.25, -0.2) is 0 Å². The molecular formula is C10H10O3. The van der Waals surface area contributed by atoms with Gasteiger partial charge < -0.3 is 4.74 Å². The zero-order valence-electron chi connectivity index (χ0n) is 7.37. The van der Waals surface area contributed by atoms with Gasteiger partial charge in [-0.1, -0.05) is 0 Å². The topological polar surface area (TPSA) is 43.4 Å². The first-order valence-electron chi connectivity index (χ1n) is 4.29. The molecule has 0 spiro atoms. The van der Waals surface area contributed by atoms with Crippen LogP contribution < -0.4 is 0 Å². The minimum Gasteiger partial charge on any atom is -0.373 e. The molecule has 3 nitrogen and oxygen atoms in total. The van der Waals surface area contributed by atoms with Crippen molar-refractivity contribution in [2.24, 2.45) is 0 Å². The number of ether oxygens (including phenoxy) is 1. The molecule has 0 N–H and O–H groups in total. The van der Waals surface area contributed by atoms with E-state index in [0.29, 0.717) is 17.6 Å². The van der Waals surface area contributed by atoms with Crippen LogP contribution in [0.4, 0.5) is 0 Å². The molecule has 1 heterocycles. The van der Waals surface area contributed by atoms with E-state index < -0.39 is 0 Å². The largest absolute Gasteiger partial charge is 0.373 e. The molecule has 2 rings (SSSR count). The zero-order valence-corrected chi connectivity index (χ0v) is 7.37. The third-order valence-electron chi connectivity index (χ3n) is 2.35. The van der Waals surface area contributed by atoms with Crippen molar-refractivity contribution in [3.05, 3.63) is 23.3 Å². The highest BCUT2D eigenvalue weighted by Gasteiger charge is 2.27. The number of carbonyl (C=O) groups is 2. The van der Waals surface area contributed by atoms with Gasteiger partial charge in [-0.3, -0.25) is 9.59 Å². The molecule has 1 aliphatic carbocycles. The summed E-state index contributed by atoms with van der Waals surface area (Å²) in [5.41, 5.74) is 1.19. The monoisotopic (exact) mass is 178 g/mol. The minimum atomic E-state index is -0.0819. The second-order valence-corrected chi connectivity index (χ2v) is 3.34. The maximum absolute atomic E-state index is 11.4. The minimum absolute atomic E-state index is 0.0373. The molecule has 0 aromatic rings. The molecule has 0 bridgehead atoms. The normalized spacial score (nSPS) is 27.9. The first-order chi connectivity index (χ1) is 6.18. The van der Waals surface area contributed by atoms with Crippen molar-refractivity contribution in [1.29, 1.82) is 0 Å². The Bertz CT molecular complexity index is 336. The van der Waals surface area contributed by atoms with Gasteiger partial charge in [-0.05, 0) is 19.1 Å². The molecule has 0 aromatic heterocycles. The Morgan fingerprint density at radius 2 is 1.85 bits per heavy atom. The van der Waals surface area contributed by atoms with Gasteiger partial charge in [0.15, 0.2) is 11.6 Å². The van der Waals surface area contributed by atoms with Crippen molar-refractivity contribution in [2.45, 2.75) is 19.4 Å². The summed E-state index contributed by atoms with van der Waals surface area (Å²) in [6, 6.07) is 0. The Hall–Kier alpha value is -1.22. The summed E-state index contributed by atoms with van der Waals surface area (Å²) in [7, 11) is 0. The SMILES string of the molecule is C[C@@H]1CC2=C(CO1)C(=O)C=CC2=O. The molecule has 0 amide bonds. The number of carbonyl (C=O) groups excluding carboxylic acids is 2. The van der Waals surface area contributed by atoms with Crippen LogP contribution in [0.15, 0.2) is 23.3 Å². The fourth-order valence-electron chi connectivity index (χ4n) is 1.60. The lowest BCUT2D eigenvalue weighted by molar-refractivity contribution is -0.117. The van der Waals surface area contributed by atoms with Gasteiger partial charge in [-0.15, -0.1) is 0 Å². The average Bonchev–Trinajstić information content (AvgIpc) is 2.12. The van der Waals surface area contributed by atoms with Crippen molar-refractivity contribution in [3.63, 3.8) is 0 Å². The Balaban J connectivity index is 2.39. The molecule has 0 fully saturated rings. The van der Waals surface area contributed by atoms with Gasteiger partial charge in [0, 0.05) is 17.6 Å². The second-order valence-electron chi connectivity index (χ2n) is 3.34. The summed E-state index contributed by atoms with van der Waals surface area (Å²) in [5.74, 6) is -0.119. The Kier molecular flexibility index (Phi) is 1.88. The predicted octanol–water partition coefficient (Wildman–Crippen LogP) is 0.800. The highest BCUT2D eigenvalue weighted by atomic mass is 16.5. The number of hydrogen-bond acceptors (Lipinski definition) is 3. The van der Waals surface area contributed by atoms with Gasteiger partial charge in [0.05, 0.1) is 12.7 Å². The molecule has 3 heteroatoms. The summed E-state index contributed by atoms with van der Waals surface area (Å²) in [5, 5.41) is 0. The smallest absolute Gasteiger partial charge is 0.184 e. The van der Waals surface area contributed by atoms with E-state index in [9.17, 15) is 9.59 Å². The Morgan fingerprint density at radius 3 is 2.54 bits per heavy atom. The molecule has 68 valence electrons. The molecule has 0 aromatic carbocycles.